The fraction of sp³-hybridized carbons (Fsp3) is 0.176. The van der Waals surface area contributed by atoms with E-state index in [1.54, 1.807) is 36.4 Å². The van der Waals surface area contributed by atoms with Gasteiger partial charge < -0.3 is 0 Å². The van der Waals surface area contributed by atoms with Crippen LogP contribution in [0, 0.1) is 0 Å². The predicted octanol–water partition coefficient (Wildman–Crippen LogP) is 2.97. The van der Waals surface area contributed by atoms with E-state index in [0.717, 1.165) is 17.6 Å². The second-order valence-electron chi connectivity index (χ2n) is 5.79. The minimum atomic E-state index is -3.67. The van der Waals surface area contributed by atoms with Gasteiger partial charge in [0.25, 0.3) is 10.0 Å². The number of anilines is 1. The molecule has 0 radical (unpaired) electrons. The SMILES string of the molecule is CCc1ccc(S(=O)(=O)Nc2cccc(-c3ccc(S(C)(=O)=O)nn3)c2)s1. The van der Waals surface area contributed by atoms with E-state index in [0.29, 0.717) is 16.9 Å². The van der Waals surface area contributed by atoms with E-state index in [9.17, 15) is 16.8 Å². The van der Waals surface area contributed by atoms with Crippen LogP contribution < -0.4 is 4.72 Å². The summed E-state index contributed by atoms with van der Waals surface area (Å²) in [6, 6.07) is 13.0. The van der Waals surface area contributed by atoms with Gasteiger partial charge >= 0.3 is 0 Å². The van der Waals surface area contributed by atoms with Crippen molar-refractivity contribution in [3.8, 4) is 11.3 Å². The highest BCUT2D eigenvalue weighted by Gasteiger charge is 2.17. The zero-order chi connectivity index (χ0) is 19.7. The lowest BCUT2D eigenvalue weighted by atomic mass is 10.1. The second-order valence-corrected chi connectivity index (χ2v) is 10.8. The first kappa shape index (κ1) is 19.5. The van der Waals surface area contributed by atoms with Gasteiger partial charge in [-0.2, -0.15) is 0 Å². The minimum absolute atomic E-state index is 0.118. The Kier molecular flexibility index (Phi) is 5.31. The molecule has 10 heteroatoms. The van der Waals surface area contributed by atoms with Gasteiger partial charge in [0.05, 0.1) is 5.69 Å². The number of hydrogen-bond acceptors (Lipinski definition) is 7. The average molecular weight is 424 g/mol. The van der Waals surface area contributed by atoms with Gasteiger partial charge in [-0.25, -0.2) is 16.8 Å². The van der Waals surface area contributed by atoms with Crippen molar-refractivity contribution in [1.29, 1.82) is 0 Å². The lowest BCUT2D eigenvalue weighted by Crippen LogP contribution is -2.11. The van der Waals surface area contributed by atoms with E-state index >= 15 is 0 Å². The van der Waals surface area contributed by atoms with Gasteiger partial charge in [0.15, 0.2) is 14.9 Å². The Morgan fingerprint density at radius 2 is 1.78 bits per heavy atom. The molecule has 2 heterocycles. The van der Waals surface area contributed by atoms with Gasteiger partial charge in [0.1, 0.15) is 4.21 Å². The van der Waals surface area contributed by atoms with Crippen molar-refractivity contribution < 1.29 is 16.8 Å². The van der Waals surface area contributed by atoms with E-state index in [1.165, 1.54) is 23.5 Å². The van der Waals surface area contributed by atoms with Gasteiger partial charge in [-0.1, -0.05) is 19.1 Å². The normalized spacial score (nSPS) is 12.1. The largest absolute Gasteiger partial charge is 0.279 e. The molecule has 0 fully saturated rings. The molecule has 142 valence electrons. The monoisotopic (exact) mass is 423 g/mol. The summed E-state index contributed by atoms with van der Waals surface area (Å²) < 4.78 is 50.8. The quantitative estimate of drug-likeness (QED) is 0.653. The van der Waals surface area contributed by atoms with Crippen LogP contribution in [0.2, 0.25) is 0 Å². The maximum absolute atomic E-state index is 12.5. The fourth-order valence-corrected chi connectivity index (χ4v) is 5.16. The standard InChI is InChI=1S/C17H17N3O4S3/c1-3-14-7-10-17(25-14)27(23,24)20-13-6-4-5-12(11-13)15-8-9-16(19-18-15)26(2,21)22/h4-11,20H,3H2,1-2H3. The Balaban J connectivity index is 1.87. The Morgan fingerprint density at radius 3 is 2.37 bits per heavy atom. The number of nitrogens with zero attached hydrogens (tertiary/aromatic N) is 2. The maximum Gasteiger partial charge on any atom is 0.271 e. The van der Waals surface area contributed by atoms with Crippen molar-refractivity contribution in [2.75, 3.05) is 11.0 Å². The van der Waals surface area contributed by atoms with Crippen LogP contribution >= 0.6 is 11.3 Å². The molecule has 0 unspecified atom stereocenters. The molecular weight excluding hydrogens is 406 g/mol. The van der Waals surface area contributed by atoms with E-state index < -0.39 is 19.9 Å². The number of aryl methyl sites for hydroxylation is 1. The summed E-state index contributed by atoms with van der Waals surface area (Å²) in [5.74, 6) is 0. The molecule has 0 aliphatic rings. The Morgan fingerprint density at radius 1 is 1.00 bits per heavy atom. The Bertz CT molecular complexity index is 1170. The molecule has 1 aromatic carbocycles. The minimum Gasteiger partial charge on any atom is -0.279 e. The topological polar surface area (TPSA) is 106 Å². The van der Waals surface area contributed by atoms with Crippen molar-refractivity contribution in [2.24, 2.45) is 0 Å². The first-order valence-electron chi connectivity index (χ1n) is 7.95. The fourth-order valence-electron chi connectivity index (χ4n) is 2.31. The summed E-state index contributed by atoms with van der Waals surface area (Å²) in [5.41, 5.74) is 1.43. The van der Waals surface area contributed by atoms with Gasteiger partial charge in [-0.15, -0.1) is 21.5 Å². The summed E-state index contributed by atoms with van der Waals surface area (Å²) in [7, 11) is -7.10. The molecule has 0 amide bonds. The van der Waals surface area contributed by atoms with Crippen LogP contribution in [0.15, 0.2) is 57.8 Å². The number of sulfonamides is 1. The van der Waals surface area contributed by atoms with Crippen molar-refractivity contribution in [3.63, 3.8) is 0 Å². The van der Waals surface area contributed by atoms with Crippen molar-refractivity contribution >= 4 is 36.9 Å². The van der Waals surface area contributed by atoms with Crippen LogP contribution in [0.5, 0.6) is 0 Å². The number of thiophene rings is 1. The zero-order valence-electron chi connectivity index (χ0n) is 14.6. The van der Waals surface area contributed by atoms with Gasteiger partial charge in [-0.3, -0.25) is 4.72 Å². The van der Waals surface area contributed by atoms with E-state index in [-0.39, 0.29) is 9.24 Å². The molecule has 0 spiro atoms. The Labute approximate surface area is 162 Å². The lowest BCUT2D eigenvalue weighted by molar-refractivity contribution is 0.595. The molecule has 27 heavy (non-hydrogen) atoms. The first-order valence-corrected chi connectivity index (χ1v) is 12.1. The van der Waals surface area contributed by atoms with Crippen LogP contribution in [0.4, 0.5) is 5.69 Å². The average Bonchev–Trinajstić information content (AvgIpc) is 3.11. The molecule has 0 aliphatic heterocycles. The van der Waals surface area contributed by atoms with Crippen LogP contribution in [0.1, 0.15) is 11.8 Å². The summed E-state index contributed by atoms with van der Waals surface area (Å²) in [6.45, 7) is 1.97. The van der Waals surface area contributed by atoms with Crippen LogP contribution in [0.3, 0.4) is 0 Å². The highest BCUT2D eigenvalue weighted by molar-refractivity contribution is 7.94. The number of nitrogens with one attached hydrogen (secondary N) is 1. The van der Waals surface area contributed by atoms with Crippen molar-refractivity contribution in [3.05, 3.63) is 53.4 Å². The maximum atomic E-state index is 12.5. The zero-order valence-corrected chi connectivity index (χ0v) is 17.0. The third-order valence-corrected chi connectivity index (χ3v) is 7.76. The molecule has 0 aliphatic carbocycles. The van der Waals surface area contributed by atoms with E-state index in [4.69, 9.17) is 0 Å². The van der Waals surface area contributed by atoms with Crippen molar-refractivity contribution in [1.82, 2.24) is 10.2 Å². The molecule has 0 atom stereocenters. The summed E-state index contributed by atoms with van der Waals surface area (Å²) >= 11 is 1.23. The molecular formula is C17H17N3O4S3. The number of aromatic nitrogens is 2. The van der Waals surface area contributed by atoms with Crippen LogP contribution in [-0.2, 0) is 26.3 Å². The van der Waals surface area contributed by atoms with Gasteiger partial charge in [0.2, 0.25) is 0 Å². The molecule has 7 nitrogen and oxygen atoms in total. The smallest absolute Gasteiger partial charge is 0.271 e. The second kappa shape index (κ2) is 7.37. The van der Waals surface area contributed by atoms with E-state index in [1.807, 2.05) is 6.92 Å². The van der Waals surface area contributed by atoms with Gasteiger partial charge in [-0.05, 0) is 42.8 Å². The molecule has 2 aromatic heterocycles. The molecule has 3 rings (SSSR count). The molecule has 3 aromatic rings. The number of rotatable bonds is 6. The van der Waals surface area contributed by atoms with Gasteiger partial charge in [0, 0.05) is 22.4 Å². The van der Waals surface area contributed by atoms with Crippen LogP contribution in [0.25, 0.3) is 11.3 Å². The van der Waals surface area contributed by atoms with E-state index in [2.05, 4.69) is 14.9 Å². The summed E-state index contributed by atoms with van der Waals surface area (Å²) in [6.07, 6.45) is 1.83. The first-order chi connectivity index (χ1) is 12.7. The third kappa shape index (κ3) is 4.52. The number of hydrogen-bond donors (Lipinski definition) is 1. The molecule has 0 saturated carbocycles. The lowest BCUT2D eigenvalue weighted by Gasteiger charge is -2.08. The number of sulfone groups is 1. The summed E-state index contributed by atoms with van der Waals surface area (Å²) in [5, 5.41) is 7.52. The van der Waals surface area contributed by atoms with Crippen LogP contribution in [-0.4, -0.2) is 33.3 Å². The van der Waals surface area contributed by atoms with Crippen molar-refractivity contribution in [2.45, 2.75) is 22.6 Å². The highest BCUT2D eigenvalue weighted by atomic mass is 32.2. The Hall–Kier alpha value is -2.30. The molecule has 1 N–H and O–H groups in total. The number of benzene rings is 1. The third-order valence-electron chi connectivity index (χ3n) is 3.68. The summed E-state index contributed by atoms with van der Waals surface area (Å²) in [4.78, 5) is 0.991. The molecule has 0 saturated heterocycles. The predicted molar refractivity (Wildman–Crippen MR) is 105 cm³/mol. The molecule has 0 bridgehead atoms. The highest BCUT2D eigenvalue weighted by Crippen LogP contribution is 2.26.